The highest BCUT2D eigenvalue weighted by Gasteiger charge is 2.15. The Balaban J connectivity index is 1.82. The van der Waals surface area contributed by atoms with Crippen LogP contribution < -0.4 is 0 Å². The number of hydrogen-bond donors (Lipinski definition) is 0. The topological polar surface area (TPSA) is 18.5 Å². The van der Waals surface area contributed by atoms with Gasteiger partial charge < -0.3 is 9.47 Å². The van der Waals surface area contributed by atoms with E-state index in [0.29, 0.717) is 26.1 Å². The van der Waals surface area contributed by atoms with Gasteiger partial charge in [-0.15, -0.1) is 0 Å². The summed E-state index contributed by atoms with van der Waals surface area (Å²) in [6.07, 6.45) is 2.26. The number of rotatable bonds is 4. The van der Waals surface area contributed by atoms with Crippen molar-refractivity contribution in [3.8, 4) is 0 Å². The number of benzene rings is 1. The van der Waals surface area contributed by atoms with Gasteiger partial charge in [0.25, 0.3) is 0 Å². The molecule has 0 saturated carbocycles. The molecule has 0 aliphatic carbocycles. The molecule has 86 valence electrons. The minimum absolute atomic E-state index is 0.134. The summed E-state index contributed by atoms with van der Waals surface area (Å²) < 4.78 is 24.0. The second-order valence-electron chi connectivity index (χ2n) is 3.71. The average Bonchev–Trinajstić information content (AvgIpc) is 2.81. The lowest BCUT2D eigenvalue weighted by Gasteiger charge is -2.06. The first kappa shape index (κ1) is 11.3. The Morgan fingerprint density at radius 2 is 1.94 bits per heavy atom. The van der Waals surface area contributed by atoms with Crippen molar-refractivity contribution in [2.75, 3.05) is 13.2 Å². The molecule has 0 radical (unpaired) electrons. The van der Waals surface area contributed by atoms with E-state index in [0.717, 1.165) is 5.56 Å². The lowest BCUT2D eigenvalue weighted by atomic mass is 10.1. The van der Waals surface area contributed by atoms with Crippen LogP contribution in [0.3, 0.4) is 0 Å². The molecule has 0 spiro atoms. The first-order chi connectivity index (χ1) is 7.84. The lowest BCUT2D eigenvalue weighted by Crippen LogP contribution is -2.06. The highest BCUT2D eigenvalue weighted by Crippen LogP contribution is 2.17. The Morgan fingerprint density at radius 1 is 1.25 bits per heavy atom. The first-order valence-electron chi connectivity index (χ1n) is 5.49. The molecule has 0 unspecified atom stereocenters. The molecule has 0 bridgehead atoms. The average molecular weight is 222 g/mol. The second-order valence-corrected chi connectivity index (χ2v) is 3.71. The van der Waals surface area contributed by atoms with Crippen LogP contribution in [0.25, 0.3) is 6.08 Å². The van der Waals surface area contributed by atoms with Crippen LogP contribution in [-0.2, 0) is 9.47 Å². The van der Waals surface area contributed by atoms with Crippen molar-refractivity contribution in [3.05, 3.63) is 41.7 Å². The molecule has 2 rings (SSSR count). The van der Waals surface area contributed by atoms with E-state index in [1.165, 1.54) is 0 Å². The van der Waals surface area contributed by atoms with E-state index < -0.39 is 0 Å². The zero-order chi connectivity index (χ0) is 11.2. The van der Waals surface area contributed by atoms with E-state index in [9.17, 15) is 4.39 Å². The van der Waals surface area contributed by atoms with Crippen LogP contribution in [-0.4, -0.2) is 19.5 Å². The molecule has 0 atom stereocenters. The maximum absolute atomic E-state index is 13.5. The fraction of sp³-hybridized carbons (Fsp3) is 0.385. The van der Waals surface area contributed by atoms with E-state index in [1.807, 2.05) is 30.3 Å². The molecular formula is C13H15FO2. The van der Waals surface area contributed by atoms with E-state index in [4.69, 9.17) is 9.47 Å². The van der Waals surface area contributed by atoms with Crippen LogP contribution >= 0.6 is 0 Å². The molecule has 1 aliphatic heterocycles. The third-order valence-electron chi connectivity index (χ3n) is 2.43. The maximum Gasteiger partial charge on any atom is 0.158 e. The predicted octanol–water partition coefficient (Wildman–Crippen LogP) is 3.15. The second kappa shape index (κ2) is 5.77. The standard InChI is InChI=1S/C13H15FO2/c14-12(6-7-13-15-8-9-16-13)10-11-4-2-1-3-5-11/h1-5,10,13H,6-9H2/b12-10-. The third-order valence-corrected chi connectivity index (χ3v) is 2.43. The Hall–Kier alpha value is -1.19. The van der Waals surface area contributed by atoms with E-state index in [-0.39, 0.29) is 12.1 Å². The maximum atomic E-state index is 13.5. The third kappa shape index (κ3) is 3.43. The van der Waals surface area contributed by atoms with Gasteiger partial charge in [0.15, 0.2) is 6.29 Å². The Labute approximate surface area is 94.7 Å². The monoisotopic (exact) mass is 222 g/mol. The summed E-state index contributed by atoms with van der Waals surface area (Å²) in [6.45, 7) is 1.24. The molecule has 1 heterocycles. The molecule has 2 nitrogen and oxygen atoms in total. The molecule has 0 amide bonds. The predicted molar refractivity (Wildman–Crippen MR) is 60.5 cm³/mol. The fourth-order valence-corrected chi connectivity index (χ4v) is 1.63. The van der Waals surface area contributed by atoms with Gasteiger partial charge in [-0.2, -0.15) is 0 Å². The van der Waals surface area contributed by atoms with Crippen molar-refractivity contribution in [2.24, 2.45) is 0 Å². The SMILES string of the molecule is F/C(=C\c1ccccc1)CCC1OCCO1. The van der Waals surface area contributed by atoms with Crippen molar-refractivity contribution >= 4 is 6.08 Å². The molecule has 1 fully saturated rings. The lowest BCUT2D eigenvalue weighted by molar-refractivity contribution is -0.0468. The molecule has 0 N–H and O–H groups in total. The van der Waals surface area contributed by atoms with Crippen LogP contribution in [0.4, 0.5) is 4.39 Å². The van der Waals surface area contributed by atoms with Gasteiger partial charge in [0.2, 0.25) is 0 Å². The molecule has 1 aromatic rings. The Bertz CT molecular complexity index is 342. The van der Waals surface area contributed by atoms with Gasteiger partial charge in [0.1, 0.15) is 5.83 Å². The van der Waals surface area contributed by atoms with Crippen molar-refractivity contribution < 1.29 is 13.9 Å². The highest BCUT2D eigenvalue weighted by atomic mass is 19.1. The van der Waals surface area contributed by atoms with Gasteiger partial charge in [0.05, 0.1) is 13.2 Å². The van der Waals surface area contributed by atoms with E-state index in [2.05, 4.69) is 0 Å². The van der Waals surface area contributed by atoms with Crippen molar-refractivity contribution in [2.45, 2.75) is 19.1 Å². The van der Waals surface area contributed by atoms with Crippen LogP contribution in [0.15, 0.2) is 36.2 Å². The normalized spacial score (nSPS) is 17.9. The molecule has 3 heteroatoms. The highest BCUT2D eigenvalue weighted by molar-refractivity contribution is 5.50. The quantitative estimate of drug-likeness (QED) is 0.779. The van der Waals surface area contributed by atoms with E-state index >= 15 is 0 Å². The Morgan fingerprint density at radius 3 is 2.62 bits per heavy atom. The largest absolute Gasteiger partial charge is 0.350 e. The van der Waals surface area contributed by atoms with E-state index in [1.54, 1.807) is 6.08 Å². The zero-order valence-electron chi connectivity index (χ0n) is 9.06. The smallest absolute Gasteiger partial charge is 0.158 e. The van der Waals surface area contributed by atoms with Crippen molar-refractivity contribution in [1.82, 2.24) is 0 Å². The number of halogens is 1. The molecular weight excluding hydrogens is 207 g/mol. The first-order valence-corrected chi connectivity index (χ1v) is 5.49. The number of hydrogen-bond acceptors (Lipinski definition) is 2. The summed E-state index contributed by atoms with van der Waals surface area (Å²) in [5.74, 6) is -0.134. The molecule has 16 heavy (non-hydrogen) atoms. The van der Waals surface area contributed by atoms with Crippen LogP contribution in [0.2, 0.25) is 0 Å². The fourth-order valence-electron chi connectivity index (χ4n) is 1.63. The van der Waals surface area contributed by atoms with Crippen LogP contribution in [0.1, 0.15) is 18.4 Å². The Kier molecular flexibility index (Phi) is 4.08. The van der Waals surface area contributed by atoms with Crippen LogP contribution in [0, 0.1) is 0 Å². The minimum atomic E-state index is -0.227. The molecule has 1 saturated heterocycles. The van der Waals surface area contributed by atoms with Crippen LogP contribution in [0.5, 0.6) is 0 Å². The minimum Gasteiger partial charge on any atom is -0.350 e. The molecule has 1 aliphatic rings. The van der Waals surface area contributed by atoms with Gasteiger partial charge in [-0.3, -0.25) is 0 Å². The summed E-state index contributed by atoms with van der Waals surface area (Å²) in [7, 11) is 0. The van der Waals surface area contributed by atoms with Gasteiger partial charge in [-0.1, -0.05) is 30.3 Å². The van der Waals surface area contributed by atoms with Gasteiger partial charge in [0, 0.05) is 12.8 Å². The van der Waals surface area contributed by atoms with Crippen molar-refractivity contribution in [1.29, 1.82) is 0 Å². The van der Waals surface area contributed by atoms with Crippen molar-refractivity contribution in [3.63, 3.8) is 0 Å². The van der Waals surface area contributed by atoms with Gasteiger partial charge in [-0.25, -0.2) is 4.39 Å². The number of ether oxygens (including phenoxy) is 2. The van der Waals surface area contributed by atoms with Gasteiger partial charge in [-0.05, 0) is 11.6 Å². The summed E-state index contributed by atoms with van der Waals surface area (Å²) in [5, 5.41) is 0. The summed E-state index contributed by atoms with van der Waals surface area (Å²) in [4.78, 5) is 0. The summed E-state index contributed by atoms with van der Waals surface area (Å²) in [5.41, 5.74) is 0.883. The zero-order valence-corrected chi connectivity index (χ0v) is 9.06. The number of allylic oxidation sites excluding steroid dienone is 1. The summed E-state index contributed by atoms with van der Waals surface area (Å²) >= 11 is 0. The van der Waals surface area contributed by atoms with Gasteiger partial charge >= 0.3 is 0 Å². The summed E-state index contributed by atoms with van der Waals surface area (Å²) in [6, 6.07) is 9.45. The molecule has 0 aromatic heterocycles. The molecule has 1 aromatic carbocycles.